The maximum Gasteiger partial charge on any atom is 0.244 e. The highest BCUT2D eigenvalue weighted by Crippen LogP contribution is 2.08. The lowest BCUT2D eigenvalue weighted by Crippen LogP contribution is -2.23. The van der Waals surface area contributed by atoms with Crippen LogP contribution in [0, 0.1) is 0 Å². The van der Waals surface area contributed by atoms with Crippen molar-refractivity contribution in [3.63, 3.8) is 0 Å². The number of methoxy groups -OCH3 is 1. The number of rotatable bonds is 10. The molecule has 0 fully saturated rings. The Morgan fingerprint density at radius 3 is 2.88 bits per heavy atom. The number of benzene rings is 1. The zero-order chi connectivity index (χ0) is 17.0. The first-order chi connectivity index (χ1) is 11.8. The van der Waals surface area contributed by atoms with Crippen molar-refractivity contribution >= 4 is 12.0 Å². The molecule has 6 nitrogen and oxygen atoms in total. The number of nitrogens with one attached hydrogen (secondary N) is 1. The molecular formula is C18H23N3O3. The van der Waals surface area contributed by atoms with Crippen molar-refractivity contribution in [2.45, 2.75) is 6.42 Å². The van der Waals surface area contributed by atoms with E-state index in [9.17, 15) is 4.79 Å². The lowest BCUT2D eigenvalue weighted by atomic mass is 10.3. The third-order valence-corrected chi connectivity index (χ3v) is 3.25. The van der Waals surface area contributed by atoms with Gasteiger partial charge in [-0.1, -0.05) is 18.2 Å². The summed E-state index contributed by atoms with van der Waals surface area (Å²) in [6.45, 7) is 2.36. The number of amides is 1. The molecular weight excluding hydrogens is 306 g/mol. The first kappa shape index (κ1) is 17.9. The average Bonchev–Trinajstić information content (AvgIpc) is 3.09. The third kappa shape index (κ3) is 6.36. The second-order valence-corrected chi connectivity index (χ2v) is 5.14. The number of carbonyl (C=O) groups is 1. The lowest BCUT2D eigenvalue weighted by molar-refractivity contribution is -0.116. The molecule has 1 aromatic carbocycles. The molecule has 0 aliphatic rings. The smallest absolute Gasteiger partial charge is 0.244 e. The minimum Gasteiger partial charge on any atom is -0.382 e. The molecule has 0 aliphatic carbocycles. The van der Waals surface area contributed by atoms with Crippen LogP contribution < -0.4 is 5.32 Å². The number of nitrogens with zero attached hydrogens (tertiary/aromatic N) is 2. The summed E-state index contributed by atoms with van der Waals surface area (Å²) in [5, 5.41) is 7.10. The summed E-state index contributed by atoms with van der Waals surface area (Å²) in [6, 6.07) is 9.82. The van der Waals surface area contributed by atoms with E-state index in [0.29, 0.717) is 26.4 Å². The van der Waals surface area contributed by atoms with Crippen molar-refractivity contribution in [2.75, 3.05) is 33.5 Å². The topological polar surface area (TPSA) is 65.4 Å². The van der Waals surface area contributed by atoms with Crippen LogP contribution in [0.5, 0.6) is 0 Å². The number of carbonyl (C=O) groups excluding carboxylic acids is 1. The molecule has 0 atom stereocenters. The molecule has 24 heavy (non-hydrogen) atoms. The van der Waals surface area contributed by atoms with E-state index in [1.807, 2.05) is 36.5 Å². The minimum absolute atomic E-state index is 0.126. The van der Waals surface area contributed by atoms with Crippen molar-refractivity contribution in [1.82, 2.24) is 15.1 Å². The maximum atomic E-state index is 11.7. The fourth-order valence-electron chi connectivity index (χ4n) is 2.01. The van der Waals surface area contributed by atoms with E-state index in [1.165, 1.54) is 6.08 Å². The molecule has 1 aromatic heterocycles. The summed E-state index contributed by atoms with van der Waals surface area (Å²) in [7, 11) is 1.64. The Kier molecular flexibility index (Phi) is 7.73. The van der Waals surface area contributed by atoms with Gasteiger partial charge in [0, 0.05) is 38.1 Å². The highest BCUT2D eigenvalue weighted by molar-refractivity contribution is 5.91. The van der Waals surface area contributed by atoms with Gasteiger partial charge < -0.3 is 14.8 Å². The predicted molar refractivity (Wildman–Crippen MR) is 92.9 cm³/mol. The van der Waals surface area contributed by atoms with Crippen molar-refractivity contribution in [3.05, 3.63) is 54.4 Å². The molecule has 1 amide bonds. The van der Waals surface area contributed by atoms with Gasteiger partial charge in [-0.15, -0.1) is 0 Å². The highest BCUT2D eigenvalue weighted by Gasteiger charge is 1.99. The summed E-state index contributed by atoms with van der Waals surface area (Å²) in [6.07, 6.45) is 7.63. The minimum atomic E-state index is -0.126. The van der Waals surface area contributed by atoms with Gasteiger partial charge in [-0.2, -0.15) is 5.10 Å². The number of aromatic nitrogens is 2. The van der Waals surface area contributed by atoms with E-state index >= 15 is 0 Å². The van der Waals surface area contributed by atoms with Gasteiger partial charge in [0.1, 0.15) is 0 Å². The first-order valence-corrected chi connectivity index (χ1v) is 7.92. The fraction of sp³-hybridized carbons (Fsp3) is 0.333. The van der Waals surface area contributed by atoms with Crippen LogP contribution in [0.15, 0.2) is 48.8 Å². The van der Waals surface area contributed by atoms with Gasteiger partial charge in [0.2, 0.25) is 5.91 Å². The van der Waals surface area contributed by atoms with Gasteiger partial charge in [0.05, 0.1) is 25.1 Å². The van der Waals surface area contributed by atoms with Gasteiger partial charge in [-0.3, -0.25) is 4.79 Å². The monoisotopic (exact) mass is 329 g/mol. The number of ether oxygens (including phenoxy) is 2. The molecule has 0 unspecified atom stereocenters. The Morgan fingerprint density at radius 2 is 2.08 bits per heavy atom. The summed E-state index contributed by atoms with van der Waals surface area (Å²) in [5.41, 5.74) is 1.85. The van der Waals surface area contributed by atoms with Gasteiger partial charge in [-0.05, 0) is 24.6 Å². The highest BCUT2D eigenvalue weighted by atomic mass is 16.5. The molecule has 2 aromatic rings. The molecule has 2 rings (SSSR count). The molecule has 0 aliphatic heterocycles. The quantitative estimate of drug-likeness (QED) is 0.535. The standard InChI is InChI=1S/C18H23N3O3/c1-23-12-13-24-11-5-10-19-18(22)9-8-16-14-20-21(15-16)17-6-3-2-4-7-17/h2-4,6-9,14-15H,5,10-13H2,1H3,(H,19,22)/b9-8+. The molecule has 0 spiro atoms. The van der Waals surface area contributed by atoms with Crippen LogP contribution >= 0.6 is 0 Å². The third-order valence-electron chi connectivity index (χ3n) is 3.25. The number of hydrogen-bond donors (Lipinski definition) is 1. The molecule has 0 saturated heterocycles. The Balaban J connectivity index is 1.69. The molecule has 1 heterocycles. The maximum absolute atomic E-state index is 11.7. The van der Waals surface area contributed by atoms with Crippen molar-refractivity contribution in [1.29, 1.82) is 0 Å². The summed E-state index contributed by atoms with van der Waals surface area (Å²) >= 11 is 0. The van der Waals surface area contributed by atoms with Gasteiger partial charge >= 0.3 is 0 Å². The van der Waals surface area contributed by atoms with Crippen LogP contribution in [0.4, 0.5) is 0 Å². The van der Waals surface area contributed by atoms with Crippen molar-refractivity contribution in [2.24, 2.45) is 0 Å². The zero-order valence-electron chi connectivity index (χ0n) is 13.9. The molecule has 128 valence electrons. The molecule has 0 bridgehead atoms. The molecule has 0 radical (unpaired) electrons. The van der Waals surface area contributed by atoms with Gasteiger partial charge in [-0.25, -0.2) is 4.68 Å². The van der Waals surface area contributed by atoms with Crippen molar-refractivity contribution in [3.8, 4) is 5.69 Å². The number of hydrogen-bond acceptors (Lipinski definition) is 4. The largest absolute Gasteiger partial charge is 0.382 e. The Hall–Kier alpha value is -2.44. The van der Waals surface area contributed by atoms with Crippen LogP contribution in [0.25, 0.3) is 11.8 Å². The van der Waals surface area contributed by atoms with E-state index in [2.05, 4.69) is 10.4 Å². The van der Waals surface area contributed by atoms with E-state index in [-0.39, 0.29) is 5.91 Å². The molecule has 6 heteroatoms. The molecule has 0 saturated carbocycles. The first-order valence-electron chi connectivity index (χ1n) is 7.92. The van der Waals surface area contributed by atoms with Gasteiger partial charge in [0.15, 0.2) is 0 Å². The molecule has 1 N–H and O–H groups in total. The van der Waals surface area contributed by atoms with E-state index < -0.39 is 0 Å². The lowest BCUT2D eigenvalue weighted by Gasteiger charge is -2.04. The average molecular weight is 329 g/mol. The Morgan fingerprint density at radius 1 is 1.25 bits per heavy atom. The second kappa shape index (κ2) is 10.4. The SMILES string of the molecule is COCCOCCCNC(=O)/C=C/c1cnn(-c2ccccc2)c1. The Labute approximate surface area is 142 Å². The fourth-order valence-corrected chi connectivity index (χ4v) is 2.01. The van der Waals surface area contributed by atoms with E-state index in [1.54, 1.807) is 24.1 Å². The van der Waals surface area contributed by atoms with E-state index in [4.69, 9.17) is 9.47 Å². The normalized spacial score (nSPS) is 11.0. The van der Waals surface area contributed by atoms with Gasteiger partial charge in [0.25, 0.3) is 0 Å². The Bertz CT molecular complexity index is 638. The zero-order valence-corrected chi connectivity index (χ0v) is 13.9. The van der Waals surface area contributed by atoms with Crippen LogP contribution in [0.2, 0.25) is 0 Å². The predicted octanol–water partition coefficient (Wildman–Crippen LogP) is 2.05. The van der Waals surface area contributed by atoms with Crippen LogP contribution in [-0.2, 0) is 14.3 Å². The van der Waals surface area contributed by atoms with Crippen LogP contribution in [-0.4, -0.2) is 49.2 Å². The van der Waals surface area contributed by atoms with Crippen molar-refractivity contribution < 1.29 is 14.3 Å². The second-order valence-electron chi connectivity index (χ2n) is 5.14. The summed E-state index contributed by atoms with van der Waals surface area (Å²) in [5.74, 6) is -0.126. The summed E-state index contributed by atoms with van der Waals surface area (Å²) in [4.78, 5) is 11.7. The van der Waals surface area contributed by atoms with E-state index in [0.717, 1.165) is 17.7 Å². The van der Waals surface area contributed by atoms with Crippen LogP contribution in [0.1, 0.15) is 12.0 Å². The summed E-state index contributed by atoms with van der Waals surface area (Å²) < 4.78 is 12.0. The van der Waals surface area contributed by atoms with Crippen LogP contribution in [0.3, 0.4) is 0 Å². The number of para-hydroxylation sites is 1.